The standard InChI is InChI=1S/C10H14O4S/c1-5-13-9(11)7(3)15-8(4)10(12)14-6-2/h5-8H,1-2H2,3-4H3. The number of rotatable bonds is 6. The van der Waals surface area contributed by atoms with Gasteiger partial charge in [-0.15, -0.1) is 11.8 Å². The van der Waals surface area contributed by atoms with Crippen molar-refractivity contribution in [2.24, 2.45) is 0 Å². The van der Waals surface area contributed by atoms with Crippen molar-refractivity contribution in [2.45, 2.75) is 24.3 Å². The van der Waals surface area contributed by atoms with Crippen molar-refractivity contribution in [1.82, 2.24) is 0 Å². The lowest BCUT2D eigenvalue weighted by Crippen LogP contribution is -2.22. The first-order valence-corrected chi connectivity index (χ1v) is 5.25. The normalized spacial score (nSPS) is 13.5. The van der Waals surface area contributed by atoms with Gasteiger partial charge in [0, 0.05) is 0 Å². The topological polar surface area (TPSA) is 52.6 Å². The molecule has 0 rings (SSSR count). The van der Waals surface area contributed by atoms with Gasteiger partial charge in [-0.25, -0.2) is 0 Å². The molecule has 0 spiro atoms. The fraction of sp³-hybridized carbons (Fsp3) is 0.400. The van der Waals surface area contributed by atoms with E-state index in [0.717, 1.165) is 24.3 Å². The Morgan fingerprint density at radius 1 is 1.07 bits per heavy atom. The molecule has 2 unspecified atom stereocenters. The van der Waals surface area contributed by atoms with Crippen LogP contribution in [0.5, 0.6) is 0 Å². The van der Waals surface area contributed by atoms with Gasteiger partial charge in [-0.3, -0.25) is 9.59 Å². The van der Waals surface area contributed by atoms with Crippen LogP contribution < -0.4 is 0 Å². The second kappa shape index (κ2) is 7.11. The molecule has 0 amide bonds. The van der Waals surface area contributed by atoms with E-state index in [9.17, 15) is 9.59 Å². The van der Waals surface area contributed by atoms with E-state index < -0.39 is 22.4 Å². The fourth-order valence-corrected chi connectivity index (χ4v) is 1.72. The quantitative estimate of drug-likeness (QED) is 0.515. The number of hydrogen-bond donors (Lipinski definition) is 0. The van der Waals surface area contributed by atoms with Crippen molar-refractivity contribution in [2.75, 3.05) is 0 Å². The summed E-state index contributed by atoms with van der Waals surface area (Å²) in [5, 5.41) is -0.897. The molecule has 0 fully saturated rings. The maximum Gasteiger partial charge on any atom is 0.323 e. The van der Waals surface area contributed by atoms with Gasteiger partial charge in [0.2, 0.25) is 0 Å². The zero-order valence-electron chi connectivity index (χ0n) is 8.76. The van der Waals surface area contributed by atoms with E-state index in [0.29, 0.717) is 0 Å². The molecule has 0 N–H and O–H groups in total. The highest BCUT2D eigenvalue weighted by Gasteiger charge is 2.22. The maximum absolute atomic E-state index is 11.2. The second-order valence-corrected chi connectivity index (χ2v) is 4.31. The minimum Gasteiger partial charge on any atom is -0.434 e. The Labute approximate surface area is 93.3 Å². The van der Waals surface area contributed by atoms with E-state index >= 15 is 0 Å². The van der Waals surface area contributed by atoms with E-state index in [-0.39, 0.29) is 0 Å². The highest BCUT2D eigenvalue weighted by molar-refractivity contribution is 8.01. The summed E-state index contributed by atoms with van der Waals surface area (Å²) in [5.41, 5.74) is 0. The lowest BCUT2D eigenvalue weighted by atomic mass is 10.5. The summed E-state index contributed by atoms with van der Waals surface area (Å²) in [6.07, 6.45) is 2.12. The Kier molecular flexibility index (Phi) is 6.53. The van der Waals surface area contributed by atoms with Crippen LogP contribution in [-0.4, -0.2) is 22.4 Å². The summed E-state index contributed by atoms with van der Waals surface area (Å²) in [6, 6.07) is 0. The van der Waals surface area contributed by atoms with Crippen molar-refractivity contribution in [1.29, 1.82) is 0 Å². The number of hydrogen-bond acceptors (Lipinski definition) is 5. The molecule has 0 saturated carbocycles. The van der Waals surface area contributed by atoms with Crippen LogP contribution in [0.4, 0.5) is 0 Å². The van der Waals surface area contributed by atoms with E-state index in [2.05, 4.69) is 22.6 Å². The van der Waals surface area contributed by atoms with E-state index in [1.807, 2.05) is 0 Å². The van der Waals surface area contributed by atoms with Gasteiger partial charge in [-0.1, -0.05) is 13.2 Å². The molecule has 2 atom stereocenters. The smallest absolute Gasteiger partial charge is 0.323 e. The third-order valence-electron chi connectivity index (χ3n) is 1.47. The molecule has 0 aliphatic heterocycles. The molecule has 0 aromatic heterocycles. The van der Waals surface area contributed by atoms with Crippen LogP contribution in [0.25, 0.3) is 0 Å². The average molecular weight is 230 g/mol. The first kappa shape index (κ1) is 13.8. The Hall–Kier alpha value is -1.23. The molecule has 0 aromatic carbocycles. The zero-order chi connectivity index (χ0) is 11.8. The predicted molar refractivity (Wildman–Crippen MR) is 59.1 cm³/mol. The lowest BCUT2D eigenvalue weighted by molar-refractivity contribution is -0.137. The van der Waals surface area contributed by atoms with Gasteiger partial charge in [0.1, 0.15) is 10.5 Å². The molecule has 0 saturated heterocycles. The number of thioether (sulfide) groups is 1. The van der Waals surface area contributed by atoms with Gasteiger partial charge in [-0.2, -0.15) is 0 Å². The molecule has 0 aliphatic rings. The van der Waals surface area contributed by atoms with Gasteiger partial charge in [-0.05, 0) is 13.8 Å². The van der Waals surface area contributed by atoms with Gasteiger partial charge in [0.25, 0.3) is 0 Å². The Morgan fingerprint density at radius 3 is 1.67 bits per heavy atom. The highest BCUT2D eigenvalue weighted by atomic mass is 32.2. The SMILES string of the molecule is C=COC(=O)C(C)SC(C)C(=O)OC=C. The largest absolute Gasteiger partial charge is 0.434 e. The zero-order valence-corrected chi connectivity index (χ0v) is 9.58. The Morgan fingerprint density at radius 2 is 1.40 bits per heavy atom. The summed E-state index contributed by atoms with van der Waals surface area (Å²) < 4.78 is 9.15. The predicted octanol–water partition coefficient (Wildman–Crippen LogP) is 1.87. The third-order valence-corrected chi connectivity index (χ3v) is 2.67. The maximum atomic E-state index is 11.2. The lowest BCUT2D eigenvalue weighted by Gasteiger charge is -2.13. The summed E-state index contributed by atoms with van der Waals surface area (Å²) >= 11 is 1.15. The first-order chi connectivity index (χ1) is 7.02. The number of esters is 2. The minimum absolute atomic E-state index is 0.437. The Balaban J connectivity index is 4.10. The van der Waals surface area contributed by atoms with Crippen LogP contribution in [0.15, 0.2) is 25.7 Å². The molecule has 0 bridgehead atoms. The van der Waals surface area contributed by atoms with Crippen LogP contribution in [0.1, 0.15) is 13.8 Å². The molecule has 84 valence electrons. The average Bonchev–Trinajstić information content (AvgIpc) is 2.18. The summed E-state index contributed by atoms with van der Waals surface area (Å²) in [7, 11) is 0. The Bertz CT molecular complexity index is 236. The third kappa shape index (κ3) is 5.27. The van der Waals surface area contributed by atoms with Crippen LogP contribution in [0.2, 0.25) is 0 Å². The molecule has 5 heteroatoms. The van der Waals surface area contributed by atoms with Crippen molar-refractivity contribution in [3.63, 3.8) is 0 Å². The summed E-state index contributed by atoms with van der Waals surface area (Å²) in [5.74, 6) is -0.874. The van der Waals surface area contributed by atoms with Crippen LogP contribution in [0.3, 0.4) is 0 Å². The van der Waals surface area contributed by atoms with E-state index in [1.54, 1.807) is 13.8 Å². The van der Waals surface area contributed by atoms with Gasteiger partial charge in [0.15, 0.2) is 0 Å². The molecule has 0 aromatic rings. The first-order valence-electron chi connectivity index (χ1n) is 4.31. The molecular weight excluding hydrogens is 216 g/mol. The summed E-state index contributed by atoms with van der Waals surface area (Å²) in [6.45, 7) is 9.83. The number of carbonyl (C=O) groups is 2. The molecular formula is C10H14O4S. The number of ether oxygens (including phenoxy) is 2. The van der Waals surface area contributed by atoms with E-state index in [1.165, 1.54) is 0 Å². The van der Waals surface area contributed by atoms with Crippen molar-refractivity contribution in [3.8, 4) is 0 Å². The second-order valence-electron chi connectivity index (χ2n) is 2.63. The van der Waals surface area contributed by atoms with Crippen molar-refractivity contribution in [3.05, 3.63) is 25.7 Å². The van der Waals surface area contributed by atoms with Gasteiger partial charge >= 0.3 is 11.9 Å². The van der Waals surface area contributed by atoms with Crippen LogP contribution in [0, 0.1) is 0 Å². The number of carbonyl (C=O) groups excluding carboxylic acids is 2. The van der Waals surface area contributed by atoms with Crippen molar-refractivity contribution < 1.29 is 19.1 Å². The molecule has 15 heavy (non-hydrogen) atoms. The van der Waals surface area contributed by atoms with Crippen molar-refractivity contribution >= 4 is 23.7 Å². The molecule has 0 radical (unpaired) electrons. The highest BCUT2D eigenvalue weighted by Crippen LogP contribution is 2.19. The van der Waals surface area contributed by atoms with E-state index in [4.69, 9.17) is 0 Å². The molecule has 0 heterocycles. The molecule has 4 nitrogen and oxygen atoms in total. The monoisotopic (exact) mass is 230 g/mol. The fourth-order valence-electron chi connectivity index (χ4n) is 0.773. The summed E-state index contributed by atoms with van der Waals surface area (Å²) in [4.78, 5) is 22.3. The van der Waals surface area contributed by atoms with Gasteiger partial charge < -0.3 is 9.47 Å². The van der Waals surface area contributed by atoms with Gasteiger partial charge in [0.05, 0.1) is 12.5 Å². The van der Waals surface area contributed by atoms with Crippen LogP contribution in [-0.2, 0) is 19.1 Å². The molecule has 0 aliphatic carbocycles. The minimum atomic E-state index is -0.449. The van der Waals surface area contributed by atoms with Crippen LogP contribution >= 0.6 is 11.8 Å².